The molecule has 1 unspecified atom stereocenters. The second kappa shape index (κ2) is 5.98. The van der Waals surface area contributed by atoms with Gasteiger partial charge in [-0.15, -0.1) is 5.10 Å². The maximum Gasteiger partial charge on any atom is 0.252 e. The number of rotatable bonds is 2. The molecule has 2 heterocycles. The van der Waals surface area contributed by atoms with Crippen LogP contribution in [0.2, 0.25) is 0 Å². The number of fused-ring (bicyclic) bond motifs is 1. The second-order valence-electron chi connectivity index (χ2n) is 5.53. The van der Waals surface area contributed by atoms with E-state index in [0.717, 1.165) is 18.5 Å². The fourth-order valence-electron chi connectivity index (χ4n) is 2.89. The van der Waals surface area contributed by atoms with E-state index in [1.165, 1.54) is 16.6 Å². The van der Waals surface area contributed by atoms with Gasteiger partial charge >= 0.3 is 0 Å². The molecular formula is C16H17N5O. The third-order valence-corrected chi connectivity index (χ3v) is 4.01. The third-order valence-electron chi connectivity index (χ3n) is 4.01. The Morgan fingerprint density at radius 3 is 3.05 bits per heavy atom. The average Bonchev–Trinajstić information content (AvgIpc) is 2.91. The number of nitrogens with zero attached hydrogens (tertiary/aromatic N) is 5. The van der Waals surface area contributed by atoms with Gasteiger partial charge in [0.05, 0.1) is 0 Å². The van der Waals surface area contributed by atoms with Crippen LogP contribution in [-0.4, -0.2) is 27.2 Å². The van der Waals surface area contributed by atoms with Crippen molar-refractivity contribution in [2.75, 3.05) is 11.4 Å². The largest absolute Gasteiger partial charge is 0.311 e. The maximum atomic E-state index is 12.6. The minimum Gasteiger partial charge on any atom is -0.311 e. The van der Waals surface area contributed by atoms with Gasteiger partial charge in [-0.2, -0.15) is 5.26 Å². The van der Waals surface area contributed by atoms with Crippen molar-refractivity contribution < 1.29 is 4.79 Å². The summed E-state index contributed by atoms with van der Waals surface area (Å²) >= 11 is 0. The Hall–Kier alpha value is -2.68. The van der Waals surface area contributed by atoms with E-state index in [1.807, 2.05) is 29.2 Å². The molecule has 1 amide bonds. The summed E-state index contributed by atoms with van der Waals surface area (Å²) in [6, 6.07) is 9.93. The number of anilines is 1. The van der Waals surface area contributed by atoms with Gasteiger partial charge in [0, 0.05) is 12.2 Å². The topological polar surface area (TPSA) is 74.8 Å². The fourth-order valence-corrected chi connectivity index (χ4v) is 2.89. The molecule has 0 spiro atoms. The molecule has 22 heavy (non-hydrogen) atoms. The van der Waals surface area contributed by atoms with Gasteiger partial charge in [-0.1, -0.05) is 25.1 Å². The van der Waals surface area contributed by atoms with E-state index in [2.05, 4.69) is 23.1 Å². The summed E-state index contributed by atoms with van der Waals surface area (Å²) in [5.74, 6) is 0.499. The SMILES string of the molecule is CC1CCCN(C(=O)Cn2cnc(C#N)n2)c2ccccc21. The van der Waals surface area contributed by atoms with Gasteiger partial charge in [-0.25, -0.2) is 9.67 Å². The van der Waals surface area contributed by atoms with E-state index in [-0.39, 0.29) is 18.3 Å². The Kier molecular flexibility index (Phi) is 3.88. The van der Waals surface area contributed by atoms with Gasteiger partial charge in [0.25, 0.3) is 5.82 Å². The van der Waals surface area contributed by atoms with Gasteiger partial charge in [0.1, 0.15) is 18.9 Å². The summed E-state index contributed by atoms with van der Waals surface area (Å²) < 4.78 is 1.41. The Bertz CT molecular complexity index is 730. The molecule has 6 nitrogen and oxygen atoms in total. The molecule has 112 valence electrons. The molecule has 1 aromatic heterocycles. The summed E-state index contributed by atoms with van der Waals surface area (Å²) in [4.78, 5) is 18.3. The number of hydrogen-bond acceptors (Lipinski definition) is 4. The number of carbonyl (C=O) groups excluding carboxylic acids is 1. The lowest BCUT2D eigenvalue weighted by atomic mass is 9.96. The molecule has 0 aliphatic carbocycles. The number of nitriles is 1. The zero-order valence-corrected chi connectivity index (χ0v) is 12.4. The highest BCUT2D eigenvalue weighted by atomic mass is 16.2. The highest BCUT2D eigenvalue weighted by molar-refractivity contribution is 5.94. The zero-order chi connectivity index (χ0) is 15.5. The van der Waals surface area contributed by atoms with Gasteiger partial charge in [0.2, 0.25) is 5.91 Å². The zero-order valence-electron chi connectivity index (χ0n) is 12.4. The molecule has 0 radical (unpaired) electrons. The van der Waals surface area contributed by atoms with Crippen molar-refractivity contribution in [2.45, 2.75) is 32.2 Å². The Morgan fingerprint density at radius 2 is 2.27 bits per heavy atom. The minimum atomic E-state index is -0.0315. The predicted octanol–water partition coefficient (Wildman–Crippen LogP) is 2.08. The molecule has 0 bridgehead atoms. The third kappa shape index (κ3) is 2.70. The lowest BCUT2D eigenvalue weighted by Gasteiger charge is -2.23. The minimum absolute atomic E-state index is 0.0315. The summed E-state index contributed by atoms with van der Waals surface area (Å²) in [5, 5.41) is 12.7. The Morgan fingerprint density at radius 1 is 1.45 bits per heavy atom. The molecule has 0 saturated carbocycles. The summed E-state index contributed by atoms with van der Waals surface area (Å²) in [5.41, 5.74) is 2.20. The van der Waals surface area contributed by atoms with Crippen molar-refractivity contribution in [3.8, 4) is 6.07 Å². The smallest absolute Gasteiger partial charge is 0.252 e. The maximum absolute atomic E-state index is 12.6. The van der Waals surface area contributed by atoms with Crippen LogP contribution in [0.5, 0.6) is 0 Å². The number of aromatic nitrogens is 3. The molecule has 2 aromatic rings. The van der Waals surface area contributed by atoms with Crippen molar-refractivity contribution in [3.05, 3.63) is 42.0 Å². The van der Waals surface area contributed by atoms with Crippen LogP contribution in [0.25, 0.3) is 0 Å². The molecule has 1 aromatic carbocycles. The van der Waals surface area contributed by atoms with Crippen molar-refractivity contribution >= 4 is 11.6 Å². The van der Waals surface area contributed by atoms with Crippen molar-refractivity contribution in [1.82, 2.24) is 14.8 Å². The Balaban J connectivity index is 1.85. The normalized spacial score (nSPS) is 17.5. The first-order valence-corrected chi connectivity index (χ1v) is 7.38. The summed E-state index contributed by atoms with van der Waals surface area (Å²) in [7, 11) is 0. The first-order chi connectivity index (χ1) is 10.7. The Labute approximate surface area is 129 Å². The lowest BCUT2D eigenvalue weighted by molar-refractivity contribution is -0.119. The van der Waals surface area contributed by atoms with Gasteiger partial charge in [-0.05, 0) is 30.4 Å². The van der Waals surface area contributed by atoms with E-state index in [0.29, 0.717) is 12.5 Å². The quantitative estimate of drug-likeness (QED) is 0.850. The van der Waals surface area contributed by atoms with Crippen LogP contribution in [0, 0.1) is 11.3 Å². The van der Waals surface area contributed by atoms with E-state index in [1.54, 1.807) is 0 Å². The standard InChI is InChI=1S/C16H17N5O/c1-12-5-4-8-21(14-7-3-2-6-13(12)14)16(22)10-20-11-18-15(9-17)19-20/h2-3,6-7,11-12H,4-5,8,10H2,1H3. The number of para-hydroxylation sites is 1. The van der Waals surface area contributed by atoms with E-state index < -0.39 is 0 Å². The number of hydrogen-bond donors (Lipinski definition) is 0. The van der Waals surface area contributed by atoms with Crippen molar-refractivity contribution in [3.63, 3.8) is 0 Å². The van der Waals surface area contributed by atoms with Crippen LogP contribution >= 0.6 is 0 Å². The first kappa shape index (κ1) is 14.3. The fraction of sp³-hybridized carbons (Fsp3) is 0.375. The van der Waals surface area contributed by atoms with Crippen LogP contribution in [-0.2, 0) is 11.3 Å². The van der Waals surface area contributed by atoms with Crippen LogP contribution in [0.1, 0.15) is 37.1 Å². The van der Waals surface area contributed by atoms with Crippen molar-refractivity contribution in [2.24, 2.45) is 0 Å². The van der Waals surface area contributed by atoms with E-state index in [4.69, 9.17) is 5.26 Å². The van der Waals surface area contributed by atoms with Crippen LogP contribution < -0.4 is 4.90 Å². The summed E-state index contributed by atoms with van der Waals surface area (Å²) in [6.45, 7) is 3.00. The van der Waals surface area contributed by atoms with Crippen molar-refractivity contribution in [1.29, 1.82) is 5.26 Å². The van der Waals surface area contributed by atoms with E-state index >= 15 is 0 Å². The molecule has 6 heteroatoms. The molecule has 1 aliphatic heterocycles. The van der Waals surface area contributed by atoms with Crippen LogP contribution in [0.15, 0.2) is 30.6 Å². The molecular weight excluding hydrogens is 278 g/mol. The summed E-state index contributed by atoms with van der Waals surface area (Å²) in [6.07, 6.45) is 3.47. The van der Waals surface area contributed by atoms with Crippen LogP contribution in [0.4, 0.5) is 5.69 Å². The molecule has 0 saturated heterocycles. The highest BCUT2D eigenvalue weighted by Crippen LogP contribution is 2.33. The second-order valence-corrected chi connectivity index (χ2v) is 5.53. The first-order valence-electron chi connectivity index (χ1n) is 7.38. The molecule has 1 atom stereocenters. The molecule has 0 N–H and O–H groups in total. The number of carbonyl (C=O) groups is 1. The molecule has 0 fully saturated rings. The molecule has 3 rings (SSSR count). The number of amides is 1. The van der Waals surface area contributed by atoms with Gasteiger partial charge in [0.15, 0.2) is 0 Å². The molecule has 1 aliphatic rings. The monoisotopic (exact) mass is 295 g/mol. The van der Waals surface area contributed by atoms with Crippen LogP contribution in [0.3, 0.4) is 0 Å². The lowest BCUT2D eigenvalue weighted by Crippen LogP contribution is -2.34. The highest BCUT2D eigenvalue weighted by Gasteiger charge is 2.24. The van der Waals surface area contributed by atoms with Gasteiger partial charge in [-0.3, -0.25) is 4.79 Å². The average molecular weight is 295 g/mol. The predicted molar refractivity (Wildman–Crippen MR) is 81.2 cm³/mol. The number of benzene rings is 1. The van der Waals surface area contributed by atoms with E-state index in [9.17, 15) is 4.79 Å². The van der Waals surface area contributed by atoms with Gasteiger partial charge < -0.3 is 4.90 Å².